The summed E-state index contributed by atoms with van der Waals surface area (Å²) in [6, 6.07) is 6.61. The number of benzene rings is 1. The Morgan fingerprint density at radius 2 is 2.20 bits per heavy atom. The van der Waals surface area contributed by atoms with Crippen LogP contribution in [-0.2, 0) is 5.41 Å². The van der Waals surface area contributed by atoms with E-state index in [2.05, 4.69) is 0 Å². The third kappa shape index (κ3) is 1.61. The van der Waals surface area contributed by atoms with E-state index in [1.54, 1.807) is 12.1 Å². The van der Waals surface area contributed by atoms with Crippen molar-refractivity contribution in [3.8, 4) is 0 Å². The van der Waals surface area contributed by atoms with Crippen LogP contribution in [0.5, 0.6) is 0 Å². The van der Waals surface area contributed by atoms with Crippen molar-refractivity contribution < 1.29 is 10.0 Å². The van der Waals surface area contributed by atoms with Crippen LogP contribution in [0.25, 0.3) is 0 Å². The molecule has 1 aliphatic carbocycles. The summed E-state index contributed by atoms with van der Waals surface area (Å²) in [7, 11) is 0. The molecule has 4 heteroatoms. The molecule has 4 nitrogen and oxygen atoms in total. The lowest BCUT2D eigenvalue weighted by molar-refractivity contribution is -0.385. The molecule has 1 fully saturated rings. The summed E-state index contributed by atoms with van der Waals surface area (Å²) in [5.41, 5.74) is 0.782. The molecule has 0 amide bonds. The first-order valence-electron chi connectivity index (χ1n) is 5.04. The van der Waals surface area contributed by atoms with E-state index < -0.39 is 4.92 Å². The number of aliphatic hydroxyl groups excluding tert-OH is 1. The lowest BCUT2D eigenvalue weighted by Crippen LogP contribution is -2.37. The summed E-state index contributed by atoms with van der Waals surface area (Å²) < 4.78 is 0. The second-order valence-corrected chi connectivity index (χ2v) is 4.10. The average molecular weight is 207 g/mol. The van der Waals surface area contributed by atoms with Crippen molar-refractivity contribution in [1.82, 2.24) is 0 Å². The van der Waals surface area contributed by atoms with Gasteiger partial charge in [-0.05, 0) is 18.4 Å². The number of nitrogens with zero attached hydrogens (tertiary/aromatic N) is 1. The maximum Gasteiger partial charge on any atom is 0.269 e. The van der Waals surface area contributed by atoms with Gasteiger partial charge in [0.25, 0.3) is 5.69 Å². The average Bonchev–Trinajstić information content (AvgIpc) is 2.17. The zero-order valence-electron chi connectivity index (χ0n) is 8.35. The van der Waals surface area contributed by atoms with E-state index in [1.807, 2.05) is 6.07 Å². The predicted molar refractivity (Wildman–Crippen MR) is 55.7 cm³/mol. The summed E-state index contributed by atoms with van der Waals surface area (Å²) in [6.07, 6.45) is 2.93. The SMILES string of the molecule is O=[N+]([O-])c1cccc(C2(CO)CCC2)c1. The fourth-order valence-corrected chi connectivity index (χ4v) is 2.09. The summed E-state index contributed by atoms with van der Waals surface area (Å²) in [5, 5.41) is 20.0. The molecule has 1 aliphatic rings. The van der Waals surface area contributed by atoms with Gasteiger partial charge in [0.15, 0.2) is 0 Å². The van der Waals surface area contributed by atoms with E-state index in [0.717, 1.165) is 24.8 Å². The number of rotatable bonds is 3. The van der Waals surface area contributed by atoms with Gasteiger partial charge >= 0.3 is 0 Å². The van der Waals surface area contributed by atoms with E-state index in [9.17, 15) is 15.2 Å². The summed E-state index contributed by atoms with van der Waals surface area (Å²) in [4.78, 5) is 10.2. The largest absolute Gasteiger partial charge is 0.395 e. The quantitative estimate of drug-likeness (QED) is 0.609. The van der Waals surface area contributed by atoms with E-state index in [4.69, 9.17) is 0 Å². The molecule has 0 atom stereocenters. The molecule has 80 valence electrons. The topological polar surface area (TPSA) is 63.4 Å². The number of non-ortho nitro benzene ring substituents is 1. The van der Waals surface area contributed by atoms with Crippen LogP contribution < -0.4 is 0 Å². The first kappa shape index (κ1) is 10.1. The minimum absolute atomic E-state index is 0.0775. The van der Waals surface area contributed by atoms with Crippen LogP contribution in [0.3, 0.4) is 0 Å². The first-order chi connectivity index (χ1) is 7.18. The molecular weight excluding hydrogens is 194 g/mol. The van der Waals surface area contributed by atoms with Gasteiger partial charge in [0.1, 0.15) is 0 Å². The Labute approximate surface area is 87.7 Å². The number of hydrogen-bond donors (Lipinski definition) is 1. The van der Waals surface area contributed by atoms with E-state index >= 15 is 0 Å². The minimum atomic E-state index is -0.396. The normalized spacial score (nSPS) is 18.2. The van der Waals surface area contributed by atoms with E-state index in [0.29, 0.717) is 0 Å². The van der Waals surface area contributed by atoms with Crippen LogP contribution in [0.1, 0.15) is 24.8 Å². The second kappa shape index (κ2) is 3.62. The number of aliphatic hydroxyl groups is 1. The highest BCUT2D eigenvalue weighted by Crippen LogP contribution is 2.43. The van der Waals surface area contributed by atoms with Crippen molar-refractivity contribution in [2.75, 3.05) is 6.61 Å². The third-order valence-electron chi connectivity index (χ3n) is 3.28. The number of hydrogen-bond acceptors (Lipinski definition) is 3. The van der Waals surface area contributed by atoms with Crippen molar-refractivity contribution in [2.24, 2.45) is 0 Å². The Hall–Kier alpha value is -1.42. The molecule has 0 aromatic heterocycles. The fourth-order valence-electron chi connectivity index (χ4n) is 2.09. The summed E-state index contributed by atoms with van der Waals surface area (Å²) in [6.45, 7) is 0.0775. The fraction of sp³-hybridized carbons (Fsp3) is 0.455. The van der Waals surface area contributed by atoms with Gasteiger partial charge < -0.3 is 5.11 Å². The van der Waals surface area contributed by atoms with Gasteiger partial charge in [0, 0.05) is 17.5 Å². The molecule has 0 unspecified atom stereocenters. The maximum atomic E-state index is 10.6. The third-order valence-corrected chi connectivity index (χ3v) is 3.28. The van der Waals surface area contributed by atoms with Gasteiger partial charge in [-0.2, -0.15) is 0 Å². The van der Waals surface area contributed by atoms with E-state index in [1.165, 1.54) is 6.07 Å². The highest BCUT2D eigenvalue weighted by atomic mass is 16.6. The molecule has 0 bridgehead atoms. The van der Waals surface area contributed by atoms with Crippen molar-refractivity contribution in [1.29, 1.82) is 0 Å². The van der Waals surface area contributed by atoms with Crippen molar-refractivity contribution >= 4 is 5.69 Å². The standard InChI is InChI=1S/C11H13NO3/c13-8-11(5-2-6-11)9-3-1-4-10(7-9)12(14)15/h1,3-4,7,13H,2,5-6,8H2. The molecule has 1 N–H and O–H groups in total. The monoisotopic (exact) mass is 207 g/mol. The van der Waals surface area contributed by atoms with Crippen molar-refractivity contribution in [3.63, 3.8) is 0 Å². The minimum Gasteiger partial charge on any atom is -0.395 e. The number of nitro groups is 1. The second-order valence-electron chi connectivity index (χ2n) is 4.10. The van der Waals surface area contributed by atoms with Crippen molar-refractivity contribution in [2.45, 2.75) is 24.7 Å². The maximum absolute atomic E-state index is 10.6. The molecule has 0 radical (unpaired) electrons. The Kier molecular flexibility index (Phi) is 2.44. The van der Waals surface area contributed by atoms with Gasteiger partial charge in [0.05, 0.1) is 11.5 Å². The molecule has 1 saturated carbocycles. The Morgan fingerprint density at radius 1 is 1.47 bits per heavy atom. The zero-order valence-corrected chi connectivity index (χ0v) is 8.35. The first-order valence-corrected chi connectivity index (χ1v) is 5.04. The van der Waals surface area contributed by atoms with Crippen LogP contribution >= 0.6 is 0 Å². The Balaban J connectivity index is 2.35. The van der Waals surface area contributed by atoms with Gasteiger partial charge in [0.2, 0.25) is 0 Å². The molecule has 0 heterocycles. The molecule has 1 aromatic carbocycles. The highest BCUT2D eigenvalue weighted by molar-refractivity contribution is 5.39. The lowest BCUT2D eigenvalue weighted by atomic mass is 9.65. The summed E-state index contributed by atoms with van der Waals surface area (Å²) >= 11 is 0. The molecule has 1 aromatic rings. The number of nitro benzene ring substituents is 1. The van der Waals surface area contributed by atoms with Gasteiger partial charge in [-0.3, -0.25) is 10.1 Å². The van der Waals surface area contributed by atoms with Crippen LogP contribution in [0.2, 0.25) is 0 Å². The molecule has 0 saturated heterocycles. The van der Waals surface area contributed by atoms with Crippen LogP contribution in [0.4, 0.5) is 5.69 Å². The smallest absolute Gasteiger partial charge is 0.269 e. The zero-order chi connectivity index (χ0) is 10.9. The molecular formula is C11H13NO3. The Bertz CT molecular complexity index is 380. The summed E-state index contributed by atoms with van der Waals surface area (Å²) in [5.74, 6) is 0. The van der Waals surface area contributed by atoms with Gasteiger partial charge in [-0.1, -0.05) is 18.6 Å². The van der Waals surface area contributed by atoms with E-state index in [-0.39, 0.29) is 17.7 Å². The molecule has 15 heavy (non-hydrogen) atoms. The highest BCUT2D eigenvalue weighted by Gasteiger charge is 2.38. The van der Waals surface area contributed by atoms with Crippen LogP contribution in [0.15, 0.2) is 24.3 Å². The molecule has 0 spiro atoms. The van der Waals surface area contributed by atoms with Gasteiger partial charge in [-0.25, -0.2) is 0 Å². The Morgan fingerprint density at radius 3 is 2.67 bits per heavy atom. The molecule has 2 rings (SSSR count). The lowest BCUT2D eigenvalue weighted by Gasteiger charge is -2.40. The van der Waals surface area contributed by atoms with Crippen molar-refractivity contribution in [3.05, 3.63) is 39.9 Å². The van der Waals surface area contributed by atoms with Gasteiger partial charge in [-0.15, -0.1) is 0 Å². The van der Waals surface area contributed by atoms with Crippen LogP contribution in [-0.4, -0.2) is 16.6 Å². The van der Waals surface area contributed by atoms with Crippen LogP contribution in [0, 0.1) is 10.1 Å². The predicted octanol–water partition coefficient (Wildman–Crippen LogP) is 2.01. The molecule has 0 aliphatic heterocycles.